The van der Waals surface area contributed by atoms with E-state index in [4.69, 9.17) is 37.9 Å². The summed E-state index contributed by atoms with van der Waals surface area (Å²) in [6.45, 7) is 8.52. The number of ether oxygens (including phenoxy) is 8. The van der Waals surface area contributed by atoms with Crippen LogP contribution in [0.15, 0.2) is 117 Å². The van der Waals surface area contributed by atoms with E-state index in [0.717, 1.165) is 20.2 Å². The Morgan fingerprint density at radius 1 is 0.435 bits per heavy atom. The number of thioether (sulfide) groups is 1. The Kier molecular flexibility index (Phi) is 22.3. The number of hydrogen-bond acceptors (Lipinski definition) is 14. The number of carbonyl (C=O) groups is 4. The molecule has 1 aliphatic rings. The van der Waals surface area contributed by atoms with Crippen LogP contribution in [0.1, 0.15) is 84.6 Å². The van der Waals surface area contributed by atoms with Crippen molar-refractivity contribution >= 4 is 53.0 Å². The van der Waals surface area contributed by atoms with Crippen molar-refractivity contribution in [3.8, 4) is 0 Å². The van der Waals surface area contributed by atoms with Gasteiger partial charge >= 0.3 is 23.9 Å². The van der Waals surface area contributed by atoms with Gasteiger partial charge in [-0.15, -0.1) is 0 Å². The van der Waals surface area contributed by atoms with E-state index in [-0.39, 0.29) is 102 Å². The minimum atomic E-state index is -1.58. The van der Waals surface area contributed by atoms with Crippen LogP contribution in [-0.2, 0) is 57.1 Å². The summed E-state index contributed by atoms with van der Waals surface area (Å²) in [6, 6.07) is 27.7. The molecule has 0 heterocycles. The van der Waals surface area contributed by atoms with Crippen molar-refractivity contribution < 1.29 is 57.1 Å². The molecule has 0 aliphatic heterocycles. The van der Waals surface area contributed by atoms with Gasteiger partial charge in [0, 0.05) is 45.9 Å². The number of benzene rings is 3. The van der Waals surface area contributed by atoms with Crippen LogP contribution in [0.3, 0.4) is 0 Å². The molecule has 0 atom stereocenters. The van der Waals surface area contributed by atoms with Gasteiger partial charge in [0.15, 0.2) is 0 Å². The third-order valence-corrected chi connectivity index (χ3v) is 11.2. The summed E-state index contributed by atoms with van der Waals surface area (Å²) < 4.78 is 48.1. The summed E-state index contributed by atoms with van der Waals surface area (Å²) in [5.41, 5.74) is 1.28. The van der Waals surface area contributed by atoms with Gasteiger partial charge in [-0.1, -0.05) is 72.1 Å². The Hall–Kier alpha value is -4.44. The zero-order valence-electron chi connectivity index (χ0n) is 36.3. The van der Waals surface area contributed by atoms with E-state index in [1.165, 1.54) is 11.8 Å². The SMILES string of the molecule is CCOC(=O)CCCOC1(OCCCC(=O)OCC)C=C(c2ccc(Sc3ccccc3)cc2)C(OCCCC(=O)OCC)(OCCCC(=O)OCC)C=C1Sc1ccccc1. The van der Waals surface area contributed by atoms with Crippen molar-refractivity contribution in [1.29, 1.82) is 0 Å². The molecule has 0 N–H and O–H groups in total. The second-order valence-corrected chi connectivity index (χ2v) is 16.0. The predicted molar refractivity (Wildman–Crippen MR) is 238 cm³/mol. The first-order chi connectivity index (χ1) is 30.2. The van der Waals surface area contributed by atoms with E-state index >= 15 is 0 Å². The second kappa shape index (κ2) is 27.6. The van der Waals surface area contributed by atoms with Crippen LogP contribution in [-0.4, -0.2) is 88.3 Å². The smallest absolute Gasteiger partial charge is 0.305 e. The average Bonchev–Trinajstić information content (AvgIpc) is 3.27. The molecule has 4 rings (SSSR count). The Balaban J connectivity index is 1.87. The van der Waals surface area contributed by atoms with Crippen LogP contribution in [0.5, 0.6) is 0 Å². The summed E-state index contributed by atoms with van der Waals surface area (Å²) in [6.07, 6.45) is 5.56. The fraction of sp³-hybridized carbons (Fsp3) is 0.458. The van der Waals surface area contributed by atoms with Gasteiger partial charge in [0.1, 0.15) is 0 Å². The first-order valence-electron chi connectivity index (χ1n) is 21.4. The molecule has 3 aromatic carbocycles. The van der Waals surface area contributed by atoms with Gasteiger partial charge in [0.05, 0.1) is 57.8 Å². The molecule has 0 bridgehead atoms. The average molecular weight is 893 g/mol. The van der Waals surface area contributed by atoms with E-state index in [0.29, 0.717) is 36.2 Å². The van der Waals surface area contributed by atoms with Gasteiger partial charge in [-0.3, -0.25) is 19.2 Å². The number of rotatable bonds is 29. The van der Waals surface area contributed by atoms with E-state index in [2.05, 4.69) is 0 Å². The maximum absolute atomic E-state index is 12.4. The fourth-order valence-corrected chi connectivity index (χ4v) is 8.20. The van der Waals surface area contributed by atoms with Crippen LogP contribution in [0.25, 0.3) is 5.57 Å². The molecule has 0 saturated heterocycles. The molecule has 3 aromatic rings. The molecule has 0 saturated carbocycles. The highest BCUT2D eigenvalue weighted by atomic mass is 32.2. The molecule has 0 unspecified atom stereocenters. The molecule has 336 valence electrons. The predicted octanol–water partition coefficient (Wildman–Crippen LogP) is 9.74. The fourth-order valence-electron chi connectivity index (χ4n) is 6.28. The zero-order valence-corrected chi connectivity index (χ0v) is 37.9. The largest absolute Gasteiger partial charge is 0.466 e. The zero-order chi connectivity index (χ0) is 44.5. The molecule has 0 spiro atoms. The maximum Gasteiger partial charge on any atom is 0.305 e. The van der Waals surface area contributed by atoms with Crippen molar-refractivity contribution in [1.82, 2.24) is 0 Å². The van der Waals surface area contributed by atoms with Gasteiger partial charge in [0.25, 0.3) is 0 Å². The number of hydrogen-bond donors (Lipinski definition) is 0. The quantitative estimate of drug-likeness (QED) is 0.0282. The Bertz CT molecular complexity index is 1830. The number of esters is 4. The molecule has 12 nitrogen and oxygen atoms in total. The Labute approximate surface area is 374 Å². The lowest BCUT2D eigenvalue weighted by Crippen LogP contribution is -2.46. The van der Waals surface area contributed by atoms with Gasteiger partial charge in [0.2, 0.25) is 11.6 Å². The maximum atomic E-state index is 12.4. The highest BCUT2D eigenvalue weighted by Crippen LogP contribution is 2.50. The third-order valence-electron chi connectivity index (χ3n) is 9.08. The Morgan fingerprint density at radius 3 is 1.18 bits per heavy atom. The minimum Gasteiger partial charge on any atom is -0.466 e. The van der Waals surface area contributed by atoms with Crippen LogP contribution in [0.4, 0.5) is 0 Å². The van der Waals surface area contributed by atoms with E-state index < -0.39 is 11.6 Å². The molecule has 1 aliphatic carbocycles. The summed E-state index contributed by atoms with van der Waals surface area (Å²) in [5.74, 6) is -4.50. The standard InChI is InChI=1S/C48H60O12S2/c1-5-53-43(49)23-15-31-57-47(58-32-16-24-44(50)54-6-2)36-42(62-39-21-13-10-14-22-39)48(59-33-17-25-45(51)55-7-3,60-34-18-26-46(52)56-8-4)35-41(47)37-27-29-40(30-28-37)61-38-19-11-9-12-20-38/h9-14,19-22,27-30,35-36H,5-8,15-18,23-26,31-34H2,1-4H3. The van der Waals surface area contributed by atoms with Crippen molar-refractivity contribution in [3.63, 3.8) is 0 Å². The molecule has 0 radical (unpaired) electrons. The molecule has 0 amide bonds. The van der Waals surface area contributed by atoms with E-state index in [9.17, 15) is 19.2 Å². The monoisotopic (exact) mass is 892 g/mol. The molecule has 0 fully saturated rings. The van der Waals surface area contributed by atoms with Crippen molar-refractivity contribution in [2.45, 2.75) is 105 Å². The highest BCUT2D eigenvalue weighted by Gasteiger charge is 2.48. The summed E-state index contributed by atoms with van der Waals surface area (Å²) in [4.78, 5) is 53.2. The van der Waals surface area contributed by atoms with Gasteiger partial charge < -0.3 is 37.9 Å². The van der Waals surface area contributed by atoms with E-state index in [1.807, 2.05) is 97.1 Å². The van der Waals surface area contributed by atoms with Gasteiger partial charge in [-0.05, 0) is 107 Å². The van der Waals surface area contributed by atoms with Crippen LogP contribution in [0.2, 0.25) is 0 Å². The van der Waals surface area contributed by atoms with Gasteiger partial charge in [-0.2, -0.15) is 0 Å². The third kappa shape index (κ3) is 16.7. The second-order valence-electron chi connectivity index (χ2n) is 13.8. The lowest BCUT2D eigenvalue weighted by molar-refractivity contribution is -0.194. The number of carbonyl (C=O) groups excluding carboxylic acids is 4. The van der Waals surface area contributed by atoms with Crippen molar-refractivity contribution in [2.24, 2.45) is 0 Å². The van der Waals surface area contributed by atoms with E-state index in [1.54, 1.807) is 39.5 Å². The van der Waals surface area contributed by atoms with Gasteiger partial charge in [-0.25, -0.2) is 0 Å². The molecular weight excluding hydrogens is 833 g/mol. The normalized spacial score (nSPS) is 14.0. The minimum absolute atomic E-state index is 0.101. The first kappa shape index (κ1) is 50.2. The molecule has 62 heavy (non-hydrogen) atoms. The lowest BCUT2D eigenvalue weighted by atomic mass is 9.89. The molecule has 14 heteroatoms. The molecule has 0 aromatic heterocycles. The summed E-state index contributed by atoms with van der Waals surface area (Å²) >= 11 is 3.01. The summed E-state index contributed by atoms with van der Waals surface area (Å²) in [7, 11) is 0. The van der Waals surface area contributed by atoms with Crippen LogP contribution < -0.4 is 0 Å². The Morgan fingerprint density at radius 2 is 0.790 bits per heavy atom. The molecular formula is C48H60O12S2. The van der Waals surface area contributed by atoms with Crippen molar-refractivity contribution in [3.05, 3.63) is 108 Å². The van der Waals surface area contributed by atoms with Crippen LogP contribution >= 0.6 is 23.5 Å². The van der Waals surface area contributed by atoms with Crippen molar-refractivity contribution in [2.75, 3.05) is 52.9 Å². The highest BCUT2D eigenvalue weighted by molar-refractivity contribution is 8.03. The topological polar surface area (TPSA) is 142 Å². The van der Waals surface area contributed by atoms with Crippen LogP contribution in [0, 0.1) is 0 Å². The first-order valence-corrected chi connectivity index (χ1v) is 23.0. The lowest BCUT2D eigenvalue weighted by Gasteiger charge is -2.43. The summed E-state index contributed by atoms with van der Waals surface area (Å²) in [5, 5.41) is 0.